The van der Waals surface area contributed by atoms with Crippen LogP contribution in [0.4, 0.5) is 6.01 Å². The van der Waals surface area contributed by atoms with E-state index in [4.69, 9.17) is 16.0 Å². The molecule has 7 heteroatoms. The molecule has 136 valence electrons. The average Bonchev–Trinajstić information content (AvgIpc) is 2.94. The van der Waals surface area contributed by atoms with Crippen LogP contribution in [0.15, 0.2) is 28.7 Å². The number of nitrogens with one attached hydrogen (secondary N) is 1. The molecule has 1 aromatic carbocycles. The lowest BCUT2D eigenvalue weighted by Crippen LogP contribution is -2.49. The first-order chi connectivity index (χ1) is 12.5. The predicted molar refractivity (Wildman–Crippen MR) is 103 cm³/mol. The fourth-order valence-electron chi connectivity index (χ4n) is 3.39. The van der Waals surface area contributed by atoms with Crippen LogP contribution in [0.1, 0.15) is 12.5 Å². The van der Waals surface area contributed by atoms with Gasteiger partial charge in [0.25, 0.3) is 6.01 Å². The number of aryl methyl sites for hydroxylation is 1. The van der Waals surface area contributed by atoms with E-state index in [-0.39, 0.29) is 5.75 Å². The van der Waals surface area contributed by atoms with Crippen molar-refractivity contribution in [3.8, 4) is 17.0 Å². The highest BCUT2D eigenvalue weighted by Crippen LogP contribution is 2.35. The second-order valence-corrected chi connectivity index (χ2v) is 7.19. The molecule has 0 amide bonds. The van der Waals surface area contributed by atoms with Gasteiger partial charge in [0.05, 0.1) is 5.69 Å². The first-order valence-corrected chi connectivity index (χ1v) is 9.14. The minimum atomic E-state index is 0.106. The molecule has 0 bridgehead atoms. The van der Waals surface area contributed by atoms with Gasteiger partial charge in [-0.1, -0.05) is 18.5 Å². The molecule has 0 saturated carbocycles. The van der Waals surface area contributed by atoms with E-state index in [1.165, 1.54) is 6.07 Å². The molecular formula is C19H21ClN4O2. The highest BCUT2D eigenvalue weighted by molar-refractivity contribution is 6.31. The van der Waals surface area contributed by atoms with Crippen LogP contribution in [0.5, 0.6) is 5.75 Å². The Labute approximate surface area is 156 Å². The molecule has 3 heterocycles. The number of halogens is 1. The van der Waals surface area contributed by atoms with Crippen molar-refractivity contribution in [2.45, 2.75) is 13.8 Å². The Morgan fingerprint density at radius 2 is 2.12 bits per heavy atom. The number of nitrogens with zero attached hydrogens (tertiary/aromatic N) is 3. The number of likely N-dealkylation sites (tertiary alicyclic amines) is 1. The Kier molecular flexibility index (Phi) is 4.46. The molecule has 0 atom stereocenters. The second kappa shape index (κ2) is 6.78. The fourth-order valence-corrected chi connectivity index (χ4v) is 3.65. The smallest absolute Gasteiger partial charge is 0.297 e. The Hall–Kier alpha value is -2.31. The average molecular weight is 373 g/mol. The van der Waals surface area contributed by atoms with Gasteiger partial charge in [-0.25, -0.2) is 4.98 Å². The van der Waals surface area contributed by atoms with E-state index in [0.29, 0.717) is 39.4 Å². The maximum atomic E-state index is 10.2. The van der Waals surface area contributed by atoms with Crippen molar-refractivity contribution >= 4 is 28.8 Å². The SMILES string of the molecule is CCN1CC(CNc2nc3nc(-c4c(C)cc(Cl)cc4O)ccc3o2)C1. The van der Waals surface area contributed by atoms with Crippen LogP contribution >= 0.6 is 11.6 Å². The highest BCUT2D eigenvalue weighted by atomic mass is 35.5. The first-order valence-electron chi connectivity index (χ1n) is 8.76. The third kappa shape index (κ3) is 3.22. The number of hydrogen-bond acceptors (Lipinski definition) is 6. The maximum Gasteiger partial charge on any atom is 0.297 e. The number of oxazole rings is 1. The molecule has 26 heavy (non-hydrogen) atoms. The molecule has 1 saturated heterocycles. The molecule has 6 nitrogen and oxygen atoms in total. The molecular weight excluding hydrogens is 352 g/mol. The third-order valence-corrected chi connectivity index (χ3v) is 5.03. The first kappa shape index (κ1) is 17.1. The van der Waals surface area contributed by atoms with Crippen LogP contribution in [0.25, 0.3) is 22.5 Å². The van der Waals surface area contributed by atoms with E-state index in [1.54, 1.807) is 6.07 Å². The van der Waals surface area contributed by atoms with Crippen LogP contribution in [0, 0.1) is 12.8 Å². The van der Waals surface area contributed by atoms with E-state index in [9.17, 15) is 5.11 Å². The zero-order chi connectivity index (χ0) is 18.3. The summed E-state index contributed by atoms with van der Waals surface area (Å²) >= 11 is 5.98. The number of hydrogen-bond donors (Lipinski definition) is 2. The van der Waals surface area contributed by atoms with Crippen LogP contribution in [-0.4, -0.2) is 46.2 Å². The minimum Gasteiger partial charge on any atom is -0.507 e. The van der Waals surface area contributed by atoms with Gasteiger partial charge in [-0.15, -0.1) is 0 Å². The third-order valence-electron chi connectivity index (χ3n) is 4.81. The van der Waals surface area contributed by atoms with Crippen molar-refractivity contribution in [1.82, 2.24) is 14.9 Å². The van der Waals surface area contributed by atoms with Crippen LogP contribution in [0.3, 0.4) is 0 Å². The second-order valence-electron chi connectivity index (χ2n) is 6.75. The van der Waals surface area contributed by atoms with Gasteiger partial charge in [-0.05, 0) is 43.3 Å². The van der Waals surface area contributed by atoms with E-state index in [1.807, 2.05) is 19.1 Å². The standard InChI is InChI=1S/C19H21ClN4O2/c1-3-24-9-12(10-24)8-21-19-23-18-16(26-19)5-4-14(22-18)17-11(2)6-13(20)7-15(17)25/h4-7,12,25H,3,8-10H2,1-2H3,(H,21,22,23). The summed E-state index contributed by atoms with van der Waals surface area (Å²) in [7, 11) is 0. The molecule has 2 aromatic heterocycles. The maximum absolute atomic E-state index is 10.2. The Morgan fingerprint density at radius 3 is 2.85 bits per heavy atom. The molecule has 0 radical (unpaired) electrons. The molecule has 1 fully saturated rings. The van der Waals surface area contributed by atoms with Crippen molar-refractivity contribution in [3.63, 3.8) is 0 Å². The number of benzene rings is 1. The molecule has 1 aliphatic rings. The number of fused-ring (bicyclic) bond motifs is 1. The van der Waals surface area contributed by atoms with Gasteiger partial charge < -0.3 is 19.7 Å². The van der Waals surface area contributed by atoms with Crippen molar-refractivity contribution in [2.24, 2.45) is 5.92 Å². The highest BCUT2D eigenvalue weighted by Gasteiger charge is 2.25. The normalized spacial score (nSPS) is 15.3. The Balaban J connectivity index is 1.55. The summed E-state index contributed by atoms with van der Waals surface area (Å²) in [5, 5.41) is 14.0. The van der Waals surface area contributed by atoms with Crippen molar-refractivity contribution in [3.05, 3.63) is 34.9 Å². The molecule has 3 aromatic rings. The Bertz CT molecular complexity index is 927. The summed E-state index contributed by atoms with van der Waals surface area (Å²) in [5.74, 6) is 0.733. The van der Waals surface area contributed by atoms with Crippen molar-refractivity contribution < 1.29 is 9.52 Å². The van der Waals surface area contributed by atoms with E-state index >= 15 is 0 Å². The lowest BCUT2D eigenvalue weighted by atomic mass is 10.0. The van der Waals surface area contributed by atoms with Crippen molar-refractivity contribution in [1.29, 1.82) is 0 Å². The fraction of sp³-hybridized carbons (Fsp3) is 0.368. The lowest BCUT2D eigenvalue weighted by molar-refractivity contribution is 0.116. The Morgan fingerprint density at radius 1 is 1.31 bits per heavy atom. The molecule has 0 aliphatic carbocycles. The molecule has 0 spiro atoms. The lowest BCUT2D eigenvalue weighted by Gasteiger charge is -2.38. The summed E-state index contributed by atoms with van der Waals surface area (Å²) in [5.41, 5.74) is 3.28. The summed E-state index contributed by atoms with van der Waals surface area (Å²) < 4.78 is 5.73. The van der Waals surface area contributed by atoms with Gasteiger partial charge in [0, 0.05) is 36.1 Å². The number of phenolic OH excluding ortho intramolecular Hbond substituents is 1. The number of phenols is 1. The van der Waals surface area contributed by atoms with Gasteiger partial charge in [0.15, 0.2) is 5.58 Å². The van der Waals surface area contributed by atoms with Gasteiger partial charge in [-0.3, -0.25) is 0 Å². The number of rotatable bonds is 5. The minimum absolute atomic E-state index is 0.106. The van der Waals surface area contributed by atoms with Crippen LogP contribution in [-0.2, 0) is 0 Å². The summed E-state index contributed by atoms with van der Waals surface area (Å²) in [6.07, 6.45) is 0. The van der Waals surface area contributed by atoms with E-state index in [2.05, 4.69) is 27.1 Å². The number of aromatic hydroxyl groups is 1. The topological polar surface area (TPSA) is 74.4 Å². The van der Waals surface area contributed by atoms with E-state index in [0.717, 1.165) is 31.7 Å². The van der Waals surface area contributed by atoms with Crippen LogP contribution < -0.4 is 5.32 Å². The summed E-state index contributed by atoms with van der Waals surface area (Å²) in [6, 6.07) is 7.45. The molecule has 0 unspecified atom stereocenters. The van der Waals surface area contributed by atoms with Gasteiger partial charge in [0.2, 0.25) is 5.65 Å². The quantitative estimate of drug-likeness (QED) is 0.707. The van der Waals surface area contributed by atoms with Crippen molar-refractivity contribution in [2.75, 3.05) is 31.5 Å². The predicted octanol–water partition coefficient (Wildman–Crippen LogP) is 3.92. The summed E-state index contributed by atoms with van der Waals surface area (Å²) in [6.45, 7) is 8.23. The zero-order valence-electron chi connectivity index (χ0n) is 14.8. The zero-order valence-corrected chi connectivity index (χ0v) is 15.5. The van der Waals surface area contributed by atoms with Gasteiger partial charge >= 0.3 is 0 Å². The number of pyridine rings is 1. The van der Waals surface area contributed by atoms with E-state index < -0.39 is 0 Å². The summed E-state index contributed by atoms with van der Waals surface area (Å²) in [4.78, 5) is 11.4. The monoisotopic (exact) mass is 372 g/mol. The molecule has 1 aliphatic heterocycles. The largest absolute Gasteiger partial charge is 0.507 e. The van der Waals surface area contributed by atoms with Gasteiger partial charge in [-0.2, -0.15) is 4.98 Å². The molecule has 4 rings (SSSR count). The van der Waals surface area contributed by atoms with Crippen LogP contribution in [0.2, 0.25) is 5.02 Å². The number of aromatic nitrogens is 2. The molecule has 2 N–H and O–H groups in total. The number of anilines is 1. The van der Waals surface area contributed by atoms with Gasteiger partial charge in [0.1, 0.15) is 5.75 Å².